The predicted molar refractivity (Wildman–Crippen MR) is 143 cm³/mol. The van der Waals surface area contributed by atoms with Crippen molar-refractivity contribution in [3.63, 3.8) is 0 Å². The molecular formula is C25H24BrF2N5O4S. The zero-order valence-corrected chi connectivity index (χ0v) is 22.7. The molecule has 0 spiro atoms. The lowest BCUT2D eigenvalue weighted by molar-refractivity contribution is 0.149. The van der Waals surface area contributed by atoms with Crippen LogP contribution in [0.15, 0.2) is 62.5 Å². The van der Waals surface area contributed by atoms with Crippen molar-refractivity contribution in [2.24, 2.45) is 0 Å². The molecular weight excluding hydrogens is 584 g/mol. The molecule has 1 aliphatic heterocycles. The summed E-state index contributed by atoms with van der Waals surface area (Å²) in [7, 11) is -3.25. The molecule has 4 heterocycles. The van der Waals surface area contributed by atoms with E-state index in [1.54, 1.807) is 18.2 Å². The first-order valence-corrected chi connectivity index (χ1v) is 14.5. The second-order valence-electron chi connectivity index (χ2n) is 9.15. The number of anilines is 1. The molecule has 13 heteroatoms. The van der Waals surface area contributed by atoms with Crippen LogP contribution in [0.1, 0.15) is 30.4 Å². The number of nitrogens with one attached hydrogen (secondary N) is 1. The summed E-state index contributed by atoms with van der Waals surface area (Å²) < 4.78 is 59.8. The molecule has 1 fully saturated rings. The Morgan fingerprint density at radius 2 is 1.87 bits per heavy atom. The van der Waals surface area contributed by atoms with Gasteiger partial charge in [0.1, 0.15) is 11.4 Å². The van der Waals surface area contributed by atoms with Gasteiger partial charge in [-0.25, -0.2) is 26.5 Å². The van der Waals surface area contributed by atoms with E-state index in [4.69, 9.17) is 4.42 Å². The molecule has 38 heavy (non-hydrogen) atoms. The van der Waals surface area contributed by atoms with Crippen LogP contribution in [-0.4, -0.2) is 52.6 Å². The zero-order chi connectivity index (χ0) is 27.0. The number of rotatable bonds is 7. The number of nitrogens with zero attached hydrogens (tertiary/aromatic N) is 4. The Morgan fingerprint density at radius 3 is 2.47 bits per heavy atom. The summed E-state index contributed by atoms with van der Waals surface area (Å²) >= 11 is 3.28. The van der Waals surface area contributed by atoms with Crippen molar-refractivity contribution in [3.05, 3.63) is 74.8 Å². The first-order chi connectivity index (χ1) is 18.1. The number of halogens is 3. The highest BCUT2D eigenvalue weighted by atomic mass is 79.9. The fraction of sp³-hybridized carbons (Fsp3) is 0.320. The minimum Gasteiger partial charge on any atom is -0.449 e. The SMILES string of the molecule is CS(=O)(=O)N1CCC(Nc2ncc3cc(C(F)F)c(=O)n(Cc4ccc(-c5ccc(Br)o5)cc4)c3n2)CC1. The molecule has 0 bridgehead atoms. The number of aromatic nitrogens is 3. The number of piperidine rings is 1. The van der Waals surface area contributed by atoms with E-state index in [1.807, 2.05) is 18.2 Å². The van der Waals surface area contributed by atoms with Crippen molar-refractivity contribution in [1.29, 1.82) is 0 Å². The average Bonchev–Trinajstić information content (AvgIpc) is 3.32. The van der Waals surface area contributed by atoms with Gasteiger partial charge in [-0.1, -0.05) is 24.3 Å². The topological polar surface area (TPSA) is 110 Å². The van der Waals surface area contributed by atoms with Crippen LogP contribution in [0, 0.1) is 0 Å². The highest BCUT2D eigenvalue weighted by Gasteiger charge is 2.25. The van der Waals surface area contributed by atoms with Crippen LogP contribution >= 0.6 is 15.9 Å². The summed E-state index contributed by atoms with van der Waals surface area (Å²) in [4.78, 5) is 21.8. The minimum atomic E-state index is -3.25. The van der Waals surface area contributed by atoms with Gasteiger partial charge in [-0.05, 0) is 52.5 Å². The molecule has 1 saturated heterocycles. The van der Waals surface area contributed by atoms with Gasteiger partial charge < -0.3 is 9.73 Å². The Bertz CT molecular complexity index is 1630. The molecule has 0 saturated carbocycles. The van der Waals surface area contributed by atoms with E-state index in [0.29, 0.717) is 41.7 Å². The molecule has 1 aliphatic rings. The minimum absolute atomic E-state index is 0.0290. The molecule has 0 amide bonds. The van der Waals surface area contributed by atoms with Crippen molar-refractivity contribution in [2.75, 3.05) is 24.7 Å². The van der Waals surface area contributed by atoms with Gasteiger partial charge in [0.25, 0.3) is 12.0 Å². The Hall–Kier alpha value is -3.16. The van der Waals surface area contributed by atoms with Gasteiger partial charge in [0.2, 0.25) is 16.0 Å². The number of pyridine rings is 1. The third kappa shape index (κ3) is 5.64. The molecule has 4 aromatic rings. The summed E-state index contributed by atoms with van der Waals surface area (Å²) in [6.07, 6.45) is 0.768. The molecule has 1 aromatic carbocycles. The van der Waals surface area contributed by atoms with Crippen molar-refractivity contribution < 1.29 is 21.6 Å². The molecule has 0 atom stereocenters. The van der Waals surface area contributed by atoms with Gasteiger partial charge in [0.15, 0.2) is 4.67 Å². The predicted octanol–water partition coefficient (Wildman–Crippen LogP) is 4.64. The standard InChI is InChI=1S/C25H24BrF2N5O4S/c1-38(35,36)32-10-8-18(9-11-32)30-25-29-13-17-12-19(22(27)28)24(34)33(23(17)31-25)14-15-2-4-16(5-3-15)20-6-7-21(26)37-20/h2-7,12-13,18,22H,8-11,14H2,1H3,(H,29,30,31). The maximum absolute atomic E-state index is 13.7. The quantitative estimate of drug-likeness (QED) is 0.326. The summed E-state index contributed by atoms with van der Waals surface area (Å²) in [5.41, 5.74) is 0.332. The van der Waals surface area contributed by atoms with E-state index in [1.165, 1.54) is 21.3 Å². The smallest absolute Gasteiger partial charge is 0.269 e. The van der Waals surface area contributed by atoms with Gasteiger partial charge in [-0.2, -0.15) is 4.98 Å². The monoisotopic (exact) mass is 607 g/mol. The van der Waals surface area contributed by atoms with E-state index >= 15 is 0 Å². The normalized spacial score (nSPS) is 15.4. The van der Waals surface area contributed by atoms with Gasteiger partial charge in [0, 0.05) is 36.3 Å². The zero-order valence-electron chi connectivity index (χ0n) is 20.3. The number of hydrogen-bond donors (Lipinski definition) is 1. The molecule has 5 rings (SSSR count). The molecule has 3 aromatic heterocycles. The van der Waals surface area contributed by atoms with E-state index in [9.17, 15) is 22.0 Å². The van der Waals surface area contributed by atoms with Crippen molar-refractivity contribution in [1.82, 2.24) is 18.8 Å². The second kappa shape index (κ2) is 10.5. The fourth-order valence-corrected chi connectivity index (χ4v) is 5.68. The number of benzene rings is 1. The van der Waals surface area contributed by atoms with Crippen LogP contribution in [0.5, 0.6) is 0 Å². The van der Waals surface area contributed by atoms with Crippen LogP contribution < -0.4 is 10.9 Å². The Morgan fingerprint density at radius 1 is 1.16 bits per heavy atom. The molecule has 9 nitrogen and oxygen atoms in total. The number of hydrogen-bond acceptors (Lipinski definition) is 7. The van der Waals surface area contributed by atoms with Crippen molar-refractivity contribution in [3.8, 4) is 11.3 Å². The molecule has 0 radical (unpaired) electrons. The summed E-state index contributed by atoms with van der Waals surface area (Å²) in [6.45, 7) is 0.774. The fourth-order valence-electron chi connectivity index (χ4n) is 4.49. The summed E-state index contributed by atoms with van der Waals surface area (Å²) in [5, 5.41) is 3.51. The van der Waals surface area contributed by atoms with E-state index in [2.05, 4.69) is 31.2 Å². The van der Waals surface area contributed by atoms with Gasteiger partial charge >= 0.3 is 0 Å². The first kappa shape index (κ1) is 26.4. The maximum Gasteiger partial charge on any atom is 0.269 e. The Balaban J connectivity index is 1.44. The molecule has 0 unspecified atom stereocenters. The summed E-state index contributed by atoms with van der Waals surface area (Å²) in [6, 6.07) is 11.9. The molecule has 0 aliphatic carbocycles. The number of fused-ring (bicyclic) bond motifs is 1. The van der Waals surface area contributed by atoms with E-state index in [0.717, 1.165) is 17.2 Å². The maximum atomic E-state index is 13.7. The number of alkyl halides is 2. The third-order valence-corrected chi connectivity index (χ3v) is 8.23. The van der Waals surface area contributed by atoms with Crippen LogP contribution in [0.25, 0.3) is 22.4 Å². The van der Waals surface area contributed by atoms with Gasteiger partial charge in [0.05, 0.1) is 18.4 Å². The largest absolute Gasteiger partial charge is 0.449 e. The number of furan rings is 1. The van der Waals surface area contributed by atoms with Crippen LogP contribution in [0.2, 0.25) is 0 Å². The highest BCUT2D eigenvalue weighted by molar-refractivity contribution is 9.10. The van der Waals surface area contributed by atoms with Crippen LogP contribution in [0.4, 0.5) is 14.7 Å². The lowest BCUT2D eigenvalue weighted by atomic mass is 10.1. The van der Waals surface area contributed by atoms with Crippen LogP contribution in [0.3, 0.4) is 0 Å². The average molecular weight is 608 g/mol. The van der Waals surface area contributed by atoms with Crippen molar-refractivity contribution >= 4 is 42.9 Å². The molecule has 200 valence electrons. The lowest BCUT2D eigenvalue weighted by Gasteiger charge is -2.30. The van der Waals surface area contributed by atoms with E-state index in [-0.39, 0.29) is 24.2 Å². The second-order valence-corrected chi connectivity index (χ2v) is 11.9. The summed E-state index contributed by atoms with van der Waals surface area (Å²) in [5.74, 6) is 0.906. The Kier molecular flexibility index (Phi) is 7.34. The highest BCUT2D eigenvalue weighted by Crippen LogP contribution is 2.26. The van der Waals surface area contributed by atoms with Gasteiger partial charge in [-0.15, -0.1) is 0 Å². The van der Waals surface area contributed by atoms with E-state index < -0.39 is 27.6 Å². The number of sulfonamides is 1. The van der Waals surface area contributed by atoms with Crippen LogP contribution in [-0.2, 0) is 16.6 Å². The van der Waals surface area contributed by atoms with Gasteiger partial charge in [-0.3, -0.25) is 9.36 Å². The van der Waals surface area contributed by atoms with Crippen molar-refractivity contribution in [2.45, 2.75) is 31.9 Å². The lowest BCUT2D eigenvalue weighted by Crippen LogP contribution is -2.42. The Labute approximate surface area is 225 Å². The first-order valence-electron chi connectivity index (χ1n) is 11.8. The molecule has 1 N–H and O–H groups in total. The third-order valence-electron chi connectivity index (χ3n) is 6.50.